The monoisotopic (exact) mass is 336 g/mol. The van der Waals surface area contributed by atoms with Crippen molar-refractivity contribution >= 4 is 33.7 Å². The maximum Gasteiger partial charge on any atom is 0.223 e. The van der Waals surface area contributed by atoms with Gasteiger partial charge in [0.25, 0.3) is 0 Å². The summed E-state index contributed by atoms with van der Waals surface area (Å²) in [6.45, 7) is 4.71. The van der Waals surface area contributed by atoms with Gasteiger partial charge in [-0.3, -0.25) is 14.7 Å². The van der Waals surface area contributed by atoms with Gasteiger partial charge in [0.15, 0.2) is 5.13 Å². The Hall–Kier alpha value is -1.31. The second-order valence-corrected chi connectivity index (χ2v) is 7.81. The van der Waals surface area contributed by atoms with Gasteiger partial charge in [0.05, 0.1) is 5.51 Å². The molecule has 0 aliphatic carbocycles. The van der Waals surface area contributed by atoms with E-state index < -0.39 is 0 Å². The van der Waals surface area contributed by atoms with E-state index in [1.54, 1.807) is 22.7 Å². The predicted octanol–water partition coefficient (Wildman–Crippen LogP) is 3.01. The summed E-state index contributed by atoms with van der Waals surface area (Å²) >= 11 is 3.32. The normalized spacial score (nSPS) is 19.2. The van der Waals surface area contributed by atoms with E-state index in [2.05, 4.69) is 20.2 Å². The Morgan fingerprint density at radius 1 is 1.45 bits per heavy atom. The molecule has 2 aromatic rings. The van der Waals surface area contributed by atoms with Crippen LogP contribution in [0, 0.1) is 5.92 Å². The third kappa shape index (κ3) is 4.34. The molecular weight excluding hydrogens is 316 g/mol. The summed E-state index contributed by atoms with van der Waals surface area (Å²) in [5.74, 6) is 0.653. The number of nitrogens with zero attached hydrogens (tertiary/aromatic N) is 3. The molecule has 0 aromatic carbocycles. The summed E-state index contributed by atoms with van der Waals surface area (Å²) in [6, 6.07) is 0. The lowest BCUT2D eigenvalue weighted by Gasteiger charge is -2.32. The first kappa shape index (κ1) is 15.6. The van der Waals surface area contributed by atoms with Crippen molar-refractivity contribution < 1.29 is 4.79 Å². The number of thiazole rings is 2. The highest BCUT2D eigenvalue weighted by atomic mass is 32.1. The molecule has 1 aliphatic rings. The van der Waals surface area contributed by atoms with Crippen LogP contribution in [-0.4, -0.2) is 33.9 Å². The molecule has 1 N–H and O–H groups in total. The number of amides is 1. The van der Waals surface area contributed by atoms with Crippen molar-refractivity contribution in [1.82, 2.24) is 14.9 Å². The molecular formula is C15H20N4OS2. The van der Waals surface area contributed by atoms with Gasteiger partial charge in [0.1, 0.15) is 0 Å². The quantitative estimate of drug-likeness (QED) is 0.912. The fraction of sp³-hybridized carbons (Fsp3) is 0.533. The van der Waals surface area contributed by atoms with Crippen LogP contribution < -0.4 is 5.32 Å². The summed E-state index contributed by atoms with van der Waals surface area (Å²) in [5, 5.41) is 3.44. The molecule has 5 nitrogen and oxygen atoms in total. The van der Waals surface area contributed by atoms with Gasteiger partial charge in [-0.25, -0.2) is 4.98 Å². The van der Waals surface area contributed by atoms with Crippen LogP contribution in [0.2, 0.25) is 0 Å². The minimum Gasteiger partial charge on any atom is -0.302 e. The number of hydrogen-bond donors (Lipinski definition) is 1. The molecule has 0 bridgehead atoms. The molecule has 0 saturated carbocycles. The first-order valence-electron chi connectivity index (χ1n) is 7.51. The van der Waals surface area contributed by atoms with Gasteiger partial charge >= 0.3 is 0 Å². The first-order valence-corrected chi connectivity index (χ1v) is 9.20. The predicted molar refractivity (Wildman–Crippen MR) is 90.2 cm³/mol. The molecule has 3 rings (SSSR count). The van der Waals surface area contributed by atoms with Crippen molar-refractivity contribution in [3.8, 4) is 0 Å². The number of hydrogen-bond acceptors (Lipinski definition) is 6. The summed E-state index contributed by atoms with van der Waals surface area (Å²) < 4.78 is 0. The van der Waals surface area contributed by atoms with Crippen LogP contribution in [-0.2, 0) is 17.8 Å². The lowest BCUT2D eigenvalue weighted by Crippen LogP contribution is -2.35. The summed E-state index contributed by atoms with van der Waals surface area (Å²) in [4.78, 5) is 24.6. The van der Waals surface area contributed by atoms with Crippen LogP contribution in [0.5, 0.6) is 0 Å². The lowest BCUT2D eigenvalue weighted by atomic mass is 9.94. The minimum atomic E-state index is -0.0662. The number of carbonyl (C=O) groups excluding carboxylic acids is 1. The highest BCUT2D eigenvalue weighted by molar-refractivity contribution is 7.15. The highest BCUT2D eigenvalue weighted by Gasteiger charge is 2.21. The van der Waals surface area contributed by atoms with Crippen LogP contribution >= 0.6 is 22.7 Å². The molecule has 3 heterocycles. The molecule has 1 unspecified atom stereocenters. The SMILES string of the molecule is CC(=O)Nc1ncc(CN2CCCC(Cc3cncs3)C2)s1. The van der Waals surface area contributed by atoms with Gasteiger partial charge in [-0.1, -0.05) is 0 Å². The van der Waals surface area contributed by atoms with Crippen molar-refractivity contribution in [3.05, 3.63) is 27.7 Å². The minimum absolute atomic E-state index is 0.0662. The van der Waals surface area contributed by atoms with Crippen molar-refractivity contribution in [2.75, 3.05) is 18.4 Å². The number of piperidine rings is 1. The summed E-state index contributed by atoms with van der Waals surface area (Å²) in [7, 11) is 0. The maximum atomic E-state index is 11.0. The third-order valence-corrected chi connectivity index (χ3v) is 5.49. The van der Waals surface area contributed by atoms with Gasteiger partial charge in [-0.2, -0.15) is 0 Å². The first-order chi connectivity index (χ1) is 10.7. The van der Waals surface area contributed by atoms with E-state index in [-0.39, 0.29) is 5.91 Å². The molecule has 1 saturated heterocycles. The van der Waals surface area contributed by atoms with Crippen LogP contribution in [0.3, 0.4) is 0 Å². The second kappa shape index (κ2) is 7.30. The maximum absolute atomic E-state index is 11.0. The van der Waals surface area contributed by atoms with E-state index in [4.69, 9.17) is 0 Å². The molecule has 1 amide bonds. The molecule has 2 aromatic heterocycles. The van der Waals surface area contributed by atoms with Crippen LogP contribution in [0.15, 0.2) is 17.9 Å². The van der Waals surface area contributed by atoms with Gasteiger partial charge in [-0.05, 0) is 31.7 Å². The molecule has 0 spiro atoms. The fourth-order valence-electron chi connectivity index (χ4n) is 2.90. The van der Waals surface area contributed by atoms with Gasteiger partial charge < -0.3 is 5.32 Å². The zero-order valence-corrected chi connectivity index (χ0v) is 14.3. The Bertz CT molecular complexity index is 611. The Labute approximate surface area is 138 Å². The van der Waals surface area contributed by atoms with E-state index in [0.29, 0.717) is 5.13 Å². The molecule has 1 atom stereocenters. The Kier molecular flexibility index (Phi) is 5.17. The van der Waals surface area contributed by atoms with Crippen molar-refractivity contribution in [2.24, 2.45) is 5.92 Å². The Morgan fingerprint density at radius 3 is 3.14 bits per heavy atom. The van der Waals surface area contributed by atoms with Crippen LogP contribution in [0.25, 0.3) is 0 Å². The Morgan fingerprint density at radius 2 is 2.36 bits per heavy atom. The molecule has 1 aliphatic heterocycles. The zero-order valence-electron chi connectivity index (χ0n) is 12.6. The number of anilines is 1. The fourth-order valence-corrected chi connectivity index (χ4v) is 4.51. The standard InChI is InChI=1S/C15H20N4OS2/c1-11(20)18-15-17-7-14(22-15)9-19-4-2-3-12(8-19)5-13-6-16-10-21-13/h6-7,10,12H,2-5,8-9H2,1H3,(H,17,18,20). The summed E-state index contributed by atoms with van der Waals surface area (Å²) in [6.07, 6.45) is 7.56. The van der Waals surface area contributed by atoms with E-state index in [1.807, 2.05) is 17.9 Å². The third-order valence-electron chi connectivity index (χ3n) is 3.79. The van der Waals surface area contributed by atoms with Gasteiger partial charge in [0.2, 0.25) is 5.91 Å². The van der Waals surface area contributed by atoms with E-state index in [0.717, 1.165) is 32.0 Å². The van der Waals surface area contributed by atoms with Gasteiger partial charge in [0, 0.05) is 42.2 Å². The average molecular weight is 336 g/mol. The van der Waals surface area contributed by atoms with Crippen molar-refractivity contribution in [2.45, 2.75) is 32.7 Å². The molecule has 22 heavy (non-hydrogen) atoms. The average Bonchev–Trinajstić information content (AvgIpc) is 3.11. The summed E-state index contributed by atoms with van der Waals surface area (Å²) in [5.41, 5.74) is 1.91. The molecule has 7 heteroatoms. The number of nitrogens with one attached hydrogen (secondary N) is 1. The molecule has 118 valence electrons. The number of carbonyl (C=O) groups is 1. The van der Waals surface area contributed by atoms with E-state index in [9.17, 15) is 4.79 Å². The van der Waals surface area contributed by atoms with Crippen molar-refractivity contribution in [1.29, 1.82) is 0 Å². The highest BCUT2D eigenvalue weighted by Crippen LogP contribution is 2.25. The topological polar surface area (TPSA) is 58.1 Å². The van der Waals surface area contributed by atoms with E-state index >= 15 is 0 Å². The smallest absolute Gasteiger partial charge is 0.223 e. The largest absolute Gasteiger partial charge is 0.302 e. The Balaban J connectivity index is 1.53. The zero-order chi connectivity index (χ0) is 15.4. The number of aromatic nitrogens is 2. The van der Waals surface area contributed by atoms with E-state index in [1.165, 1.54) is 29.5 Å². The van der Waals surface area contributed by atoms with Gasteiger partial charge in [-0.15, -0.1) is 22.7 Å². The molecule has 1 fully saturated rings. The number of likely N-dealkylation sites (tertiary alicyclic amines) is 1. The lowest BCUT2D eigenvalue weighted by molar-refractivity contribution is -0.114. The molecule has 0 radical (unpaired) electrons. The van der Waals surface area contributed by atoms with Crippen LogP contribution in [0.1, 0.15) is 29.5 Å². The number of rotatable bonds is 5. The second-order valence-electron chi connectivity index (χ2n) is 5.73. The van der Waals surface area contributed by atoms with Crippen molar-refractivity contribution in [3.63, 3.8) is 0 Å². The van der Waals surface area contributed by atoms with Crippen LogP contribution in [0.4, 0.5) is 5.13 Å².